The molecule has 0 radical (unpaired) electrons. The van der Waals surface area contributed by atoms with Crippen LogP contribution in [0.1, 0.15) is 23.1 Å². The van der Waals surface area contributed by atoms with Crippen LogP contribution in [-0.2, 0) is 17.6 Å². The number of hydrogen-bond donors (Lipinski definition) is 0. The minimum atomic E-state index is -1.30. The highest BCUT2D eigenvalue weighted by molar-refractivity contribution is 6.83. The van der Waals surface area contributed by atoms with E-state index in [0.717, 1.165) is 12.0 Å². The molecule has 1 aromatic rings. The summed E-state index contributed by atoms with van der Waals surface area (Å²) in [6, 6.07) is 6.28. The monoisotopic (exact) mass is 242 g/mol. The quantitative estimate of drug-likeness (QED) is 0.505. The van der Waals surface area contributed by atoms with Gasteiger partial charge in [-0.05, 0) is 29.7 Å². The third-order valence-corrected chi connectivity index (χ3v) is 3.72. The Balaban J connectivity index is 2.28. The highest BCUT2D eigenvalue weighted by atomic mass is 28.3. The number of rotatable bonds is 0. The van der Waals surface area contributed by atoms with Crippen LogP contribution in [-0.4, -0.2) is 13.9 Å². The summed E-state index contributed by atoms with van der Waals surface area (Å²) in [7, 11) is -1.30. The smallest absolute Gasteiger partial charge is 0.137 e. The number of carbonyl (C=O) groups excluding carboxylic acids is 1. The van der Waals surface area contributed by atoms with Crippen molar-refractivity contribution in [2.75, 3.05) is 0 Å². The number of fused-ring (bicyclic) bond motifs is 1. The maximum Gasteiger partial charge on any atom is 0.137 e. The summed E-state index contributed by atoms with van der Waals surface area (Å²) in [5.41, 5.74) is 6.98. The fourth-order valence-corrected chi connectivity index (χ4v) is 2.46. The fraction of sp³-hybridized carbons (Fsp3) is 0.400. The van der Waals surface area contributed by atoms with Gasteiger partial charge in [-0.3, -0.25) is 4.79 Å². The van der Waals surface area contributed by atoms with Crippen molar-refractivity contribution in [2.24, 2.45) is 0 Å². The van der Waals surface area contributed by atoms with E-state index in [9.17, 15) is 4.79 Å². The normalized spacial score (nSPS) is 14.9. The highest BCUT2D eigenvalue weighted by Gasteiger charge is 2.15. The van der Waals surface area contributed by atoms with Crippen LogP contribution in [0.2, 0.25) is 19.6 Å². The van der Waals surface area contributed by atoms with E-state index in [4.69, 9.17) is 0 Å². The Labute approximate surface area is 104 Å². The van der Waals surface area contributed by atoms with Crippen LogP contribution in [0.5, 0.6) is 0 Å². The molecular weight excluding hydrogens is 224 g/mol. The Bertz CT molecular complexity index is 512. The van der Waals surface area contributed by atoms with Crippen LogP contribution < -0.4 is 0 Å². The number of ketones is 1. The van der Waals surface area contributed by atoms with E-state index in [1.54, 1.807) is 0 Å². The van der Waals surface area contributed by atoms with Crippen LogP contribution in [0.15, 0.2) is 18.2 Å². The van der Waals surface area contributed by atoms with Gasteiger partial charge in [0.25, 0.3) is 0 Å². The van der Waals surface area contributed by atoms with Crippen LogP contribution in [0.25, 0.3) is 0 Å². The summed E-state index contributed by atoms with van der Waals surface area (Å²) in [5, 5.41) is 0. The largest absolute Gasteiger partial charge is 0.299 e. The summed E-state index contributed by atoms with van der Waals surface area (Å²) in [5.74, 6) is 3.63. The van der Waals surface area contributed by atoms with Gasteiger partial charge in [-0.2, -0.15) is 0 Å². The first-order valence-corrected chi connectivity index (χ1v) is 9.61. The molecule has 2 heteroatoms. The molecule has 1 aromatic carbocycles. The fourth-order valence-electron chi connectivity index (χ4n) is 1.94. The van der Waals surface area contributed by atoms with Gasteiger partial charge in [0, 0.05) is 18.4 Å². The van der Waals surface area contributed by atoms with Crippen molar-refractivity contribution < 1.29 is 4.79 Å². The Morgan fingerprint density at radius 1 is 1.12 bits per heavy atom. The Hall–Kier alpha value is -1.33. The topological polar surface area (TPSA) is 17.1 Å². The molecule has 0 bridgehead atoms. The van der Waals surface area contributed by atoms with Crippen LogP contribution >= 0.6 is 0 Å². The molecule has 1 aliphatic rings. The van der Waals surface area contributed by atoms with Crippen LogP contribution in [0, 0.1) is 11.5 Å². The lowest BCUT2D eigenvalue weighted by Gasteiger charge is -2.14. The molecule has 0 aliphatic heterocycles. The lowest BCUT2D eigenvalue weighted by Crippen LogP contribution is -2.16. The molecule has 0 atom stereocenters. The van der Waals surface area contributed by atoms with Crippen molar-refractivity contribution >= 4 is 13.9 Å². The lowest BCUT2D eigenvalue weighted by molar-refractivity contribution is -0.118. The molecule has 0 N–H and O–H groups in total. The Kier molecular flexibility index (Phi) is 3.21. The molecule has 88 valence electrons. The van der Waals surface area contributed by atoms with Crippen molar-refractivity contribution in [1.29, 1.82) is 0 Å². The molecule has 0 spiro atoms. The van der Waals surface area contributed by atoms with Crippen molar-refractivity contribution in [3.05, 3.63) is 34.9 Å². The average Bonchev–Trinajstić information content (AvgIpc) is 2.25. The zero-order chi connectivity index (χ0) is 12.5. The molecule has 0 amide bonds. The zero-order valence-electron chi connectivity index (χ0n) is 10.8. The van der Waals surface area contributed by atoms with Crippen molar-refractivity contribution in [3.63, 3.8) is 0 Å². The maximum atomic E-state index is 11.3. The maximum absolute atomic E-state index is 11.3. The minimum absolute atomic E-state index is 0.360. The van der Waals surface area contributed by atoms with E-state index in [-0.39, 0.29) is 0 Å². The standard InChI is InChI=1S/C15H18OSi/c1-17(2,3)9-8-12-4-5-14-11-15(16)7-6-13(14)10-12/h4-5,10H,6-7,11H2,1-3H3. The lowest BCUT2D eigenvalue weighted by atomic mass is 9.90. The van der Waals surface area contributed by atoms with Crippen LogP contribution in [0.3, 0.4) is 0 Å². The van der Waals surface area contributed by atoms with Crippen molar-refractivity contribution in [3.8, 4) is 11.5 Å². The van der Waals surface area contributed by atoms with Gasteiger partial charge in [-0.25, -0.2) is 0 Å². The molecule has 1 nitrogen and oxygen atoms in total. The van der Waals surface area contributed by atoms with E-state index < -0.39 is 8.07 Å². The number of hydrogen-bond acceptors (Lipinski definition) is 1. The molecule has 0 heterocycles. The first kappa shape index (κ1) is 12.1. The number of aryl methyl sites for hydroxylation is 1. The van der Waals surface area contributed by atoms with E-state index >= 15 is 0 Å². The molecule has 0 aromatic heterocycles. The van der Waals surface area contributed by atoms with Crippen molar-refractivity contribution in [1.82, 2.24) is 0 Å². The summed E-state index contributed by atoms with van der Waals surface area (Å²) in [4.78, 5) is 11.3. The summed E-state index contributed by atoms with van der Waals surface area (Å²) >= 11 is 0. The molecule has 0 saturated heterocycles. The molecule has 2 rings (SSSR count). The SMILES string of the molecule is C[Si](C)(C)C#Cc1ccc2c(c1)CCC(=O)C2. The van der Waals surface area contributed by atoms with E-state index in [1.807, 2.05) is 6.07 Å². The molecular formula is C15H18OSi. The van der Waals surface area contributed by atoms with Crippen molar-refractivity contribution in [2.45, 2.75) is 38.9 Å². The molecule has 0 unspecified atom stereocenters. The third-order valence-electron chi connectivity index (χ3n) is 2.85. The van der Waals surface area contributed by atoms with Gasteiger partial charge in [-0.1, -0.05) is 31.6 Å². The number of benzene rings is 1. The average molecular weight is 242 g/mol. The van der Waals surface area contributed by atoms with Crippen LogP contribution in [0.4, 0.5) is 0 Å². The minimum Gasteiger partial charge on any atom is -0.299 e. The van der Waals surface area contributed by atoms with E-state index in [2.05, 4.69) is 43.2 Å². The molecule has 0 fully saturated rings. The van der Waals surface area contributed by atoms with Gasteiger partial charge < -0.3 is 0 Å². The molecule has 1 aliphatic carbocycles. The Morgan fingerprint density at radius 3 is 2.59 bits per heavy atom. The number of Topliss-reactive ketones (excluding diaryl/α,β-unsaturated/α-hetero) is 1. The second kappa shape index (κ2) is 4.50. The first-order valence-electron chi connectivity index (χ1n) is 6.11. The van der Waals surface area contributed by atoms with Gasteiger partial charge in [0.1, 0.15) is 13.9 Å². The van der Waals surface area contributed by atoms with E-state index in [0.29, 0.717) is 18.6 Å². The Morgan fingerprint density at radius 2 is 1.88 bits per heavy atom. The summed E-state index contributed by atoms with van der Waals surface area (Å²) in [6.45, 7) is 6.74. The summed E-state index contributed by atoms with van der Waals surface area (Å²) < 4.78 is 0. The zero-order valence-corrected chi connectivity index (χ0v) is 11.8. The van der Waals surface area contributed by atoms with Gasteiger partial charge in [0.2, 0.25) is 0 Å². The summed E-state index contributed by atoms with van der Waals surface area (Å²) in [6.07, 6.45) is 2.19. The van der Waals surface area contributed by atoms with Gasteiger partial charge >= 0.3 is 0 Å². The highest BCUT2D eigenvalue weighted by Crippen LogP contribution is 2.20. The number of carbonyl (C=O) groups is 1. The second-order valence-corrected chi connectivity index (χ2v) is 10.4. The van der Waals surface area contributed by atoms with Gasteiger partial charge in [0.05, 0.1) is 0 Å². The predicted octanol–water partition coefficient (Wildman–Crippen LogP) is 2.97. The first-order chi connectivity index (χ1) is 7.94. The molecule has 17 heavy (non-hydrogen) atoms. The van der Waals surface area contributed by atoms with Gasteiger partial charge in [0.15, 0.2) is 0 Å². The second-order valence-electron chi connectivity index (χ2n) is 5.70. The van der Waals surface area contributed by atoms with Gasteiger partial charge in [-0.15, -0.1) is 5.54 Å². The van der Waals surface area contributed by atoms with E-state index in [1.165, 1.54) is 11.1 Å². The third kappa shape index (κ3) is 3.31. The predicted molar refractivity (Wildman–Crippen MR) is 73.7 cm³/mol. The molecule has 0 saturated carbocycles.